The van der Waals surface area contributed by atoms with Gasteiger partial charge in [0.25, 0.3) is 0 Å². The lowest BCUT2D eigenvalue weighted by molar-refractivity contribution is -0.254. The minimum Gasteiger partial charge on any atom is -0.544 e. The summed E-state index contributed by atoms with van der Waals surface area (Å²) in [5, 5.41) is 13.8. The smallest absolute Gasteiger partial charge is 0.412 e. The molecule has 1 aromatic carbocycles. The molecule has 0 unspecified atom stereocenters. The van der Waals surface area contributed by atoms with Crippen molar-refractivity contribution in [1.29, 1.82) is 0 Å². The van der Waals surface area contributed by atoms with Crippen LogP contribution in [0, 0.1) is 0 Å². The molecule has 6 nitrogen and oxygen atoms in total. The molecule has 0 fully saturated rings. The van der Waals surface area contributed by atoms with Gasteiger partial charge in [-0.3, -0.25) is 5.32 Å². The molecule has 1 amide bonds. The van der Waals surface area contributed by atoms with Crippen molar-refractivity contribution in [3.05, 3.63) is 35.2 Å². The van der Waals surface area contributed by atoms with Crippen molar-refractivity contribution in [2.75, 3.05) is 12.4 Å². The van der Waals surface area contributed by atoms with Gasteiger partial charge in [0.15, 0.2) is 0 Å². The zero-order valence-corrected chi connectivity index (χ0v) is 14.7. The lowest BCUT2D eigenvalue weighted by atomic mass is 10.2. The normalized spacial score (nSPS) is 11.0. The number of ether oxygens (including phenoxy) is 2. The zero-order valence-electron chi connectivity index (χ0n) is 13.8. The highest BCUT2D eigenvalue weighted by Gasteiger charge is 2.19. The molecule has 24 heavy (non-hydrogen) atoms. The summed E-state index contributed by atoms with van der Waals surface area (Å²) in [6.45, 7) is 5.17. The monoisotopic (exact) mass is 348 g/mol. The van der Waals surface area contributed by atoms with E-state index in [0.717, 1.165) is 16.9 Å². The van der Waals surface area contributed by atoms with Gasteiger partial charge in [0, 0.05) is 4.88 Å². The van der Waals surface area contributed by atoms with Crippen LogP contribution in [0.25, 0.3) is 10.4 Å². The number of rotatable bonds is 4. The Morgan fingerprint density at radius 1 is 1.17 bits per heavy atom. The molecule has 0 aliphatic heterocycles. The second kappa shape index (κ2) is 6.92. The van der Waals surface area contributed by atoms with Gasteiger partial charge >= 0.3 is 6.09 Å². The largest absolute Gasteiger partial charge is 0.544 e. The second-order valence-corrected chi connectivity index (χ2v) is 7.05. The molecule has 2 aromatic rings. The van der Waals surface area contributed by atoms with Gasteiger partial charge in [-0.05, 0) is 56.7 Å². The highest BCUT2D eigenvalue weighted by molar-refractivity contribution is 7.18. The molecule has 1 N–H and O–H groups in total. The first-order chi connectivity index (χ1) is 11.2. The van der Waals surface area contributed by atoms with Gasteiger partial charge in [-0.15, -0.1) is 11.3 Å². The van der Waals surface area contributed by atoms with E-state index in [1.807, 2.05) is 0 Å². The third-order valence-corrected chi connectivity index (χ3v) is 4.09. The summed E-state index contributed by atoms with van der Waals surface area (Å²) in [4.78, 5) is 23.8. The number of aromatic carboxylic acids is 1. The van der Waals surface area contributed by atoms with Gasteiger partial charge in [0.05, 0.1) is 23.6 Å². The first-order valence-corrected chi connectivity index (χ1v) is 8.01. The molecule has 128 valence electrons. The Morgan fingerprint density at radius 2 is 1.79 bits per heavy atom. The van der Waals surface area contributed by atoms with Crippen LogP contribution in [-0.4, -0.2) is 24.8 Å². The zero-order chi connectivity index (χ0) is 17.9. The van der Waals surface area contributed by atoms with E-state index < -0.39 is 17.7 Å². The van der Waals surface area contributed by atoms with E-state index in [2.05, 4.69) is 5.32 Å². The highest BCUT2D eigenvalue weighted by atomic mass is 32.1. The van der Waals surface area contributed by atoms with E-state index in [-0.39, 0.29) is 10.6 Å². The molecule has 0 atom stereocenters. The molecule has 0 radical (unpaired) electrons. The third kappa shape index (κ3) is 4.48. The number of thiophene rings is 1. The lowest BCUT2D eigenvalue weighted by Crippen LogP contribution is -2.28. The fraction of sp³-hybridized carbons (Fsp3) is 0.294. The number of amides is 1. The lowest BCUT2D eigenvalue weighted by Gasteiger charge is -2.19. The van der Waals surface area contributed by atoms with E-state index in [0.29, 0.717) is 10.6 Å². The Kier molecular flexibility index (Phi) is 5.14. The summed E-state index contributed by atoms with van der Waals surface area (Å²) in [7, 11) is 1.57. The Labute approximate surface area is 144 Å². The Bertz CT molecular complexity index is 743. The second-order valence-electron chi connectivity index (χ2n) is 6.00. The van der Waals surface area contributed by atoms with Crippen LogP contribution in [0.5, 0.6) is 5.75 Å². The van der Waals surface area contributed by atoms with Crippen LogP contribution in [0.3, 0.4) is 0 Å². The molecule has 0 saturated heterocycles. The van der Waals surface area contributed by atoms with Crippen molar-refractivity contribution in [3.63, 3.8) is 0 Å². The van der Waals surface area contributed by atoms with Crippen LogP contribution in [0.1, 0.15) is 30.4 Å². The molecule has 0 spiro atoms. The number of benzene rings is 1. The number of hydrogen-bond donors (Lipinski definition) is 1. The molecule has 7 heteroatoms. The predicted octanol–water partition coefficient (Wildman–Crippen LogP) is 3.13. The van der Waals surface area contributed by atoms with Crippen molar-refractivity contribution in [2.24, 2.45) is 0 Å². The Hall–Kier alpha value is -2.54. The van der Waals surface area contributed by atoms with Gasteiger partial charge in [-0.1, -0.05) is 0 Å². The minimum atomic E-state index is -1.36. The molecule has 1 aromatic heterocycles. The fourth-order valence-electron chi connectivity index (χ4n) is 1.95. The maximum Gasteiger partial charge on any atom is 0.412 e. The van der Waals surface area contributed by atoms with Crippen molar-refractivity contribution in [3.8, 4) is 16.2 Å². The van der Waals surface area contributed by atoms with Crippen LogP contribution in [0.15, 0.2) is 30.3 Å². The first kappa shape index (κ1) is 17.8. The number of hydrogen-bond acceptors (Lipinski definition) is 6. The van der Waals surface area contributed by atoms with Crippen molar-refractivity contribution in [2.45, 2.75) is 26.4 Å². The molecule has 0 aliphatic carbocycles. The summed E-state index contributed by atoms with van der Waals surface area (Å²) in [5.74, 6) is -0.659. The molecular formula is C17H18NO5S-. The molecule has 0 aliphatic rings. The molecule has 0 bridgehead atoms. The number of carboxylic acid groups (broad SMARTS) is 1. The summed E-state index contributed by atoms with van der Waals surface area (Å²) in [6.07, 6.45) is -0.718. The summed E-state index contributed by atoms with van der Waals surface area (Å²) < 4.78 is 10.2. The average Bonchev–Trinajstić information content (AvgIpc) is 2.89. The quantitative estimate of drug-likeness (QED) is 0.917. The maximum absolute atomic E-state index is 11.9. The molecule has 2 rings (SSSR count). The van der Waals surface area contributed by atoms with Crippen LogP contribution in [-0.2, 0) is 4.74 Å². The van der Waals surface area contributed by atoms with Gasteiger partial charge in [-0.2, -0.15) is 0 Å². The third-order valence-electron chi connectivity index (χ3n) is 2.93. The van der Waals surface area contributed by atoms with Crippen LogP contribution >= 0.6 is 11.3 Å². The van der Waals surface area contributed by atoms with E-state index >= 15 is 0 Å². The SMILES string of the molecule is COc1ccc(-c2cc(NC(=O)OC(C)(C)C)c(C(=O)[O-])s2)cc1. The maximum atomic E-state index is 11.9. The number of anilines is 1. The number of nitrogens with one attached hydrogen (secondary N) is 1. The van der Waals surface area contributed by atoms with Crippen LogP contribution in [0.2, 0.25) is 0 Å². The van der Waals surface area contributed by atoms with Crippen LogP contribution < -0.4 is 15.2 Å². The molecular weight excluding hydrogens is 330 g/mol. The Balaban J connectivity index is 2.29. The number of carboxylic acids is 1. The van der Waals surface area contributed by atoms with Gasteiger partial charge in [-0.25, -0.2) is 4.79 Å². The molecule has 0 saturated carbocycles. The van der Waals surface area contributed by atoms with Crippen molar-refractivity contribution < 1.29 is 24.2 Å². The van der Waals surface area contributed by atoms with Gasteiger partial charge < -0.3 is 19.4 Å². The van der Waals surface area contributed by atoms with E-state index in [9.17, 15) is 14.7 Å². The minimum absolute atomic E-state index is 0.0633. The fourth-order valence-corrected chi connectivity index (χ4v) is 2.90. The topological polar surface area (TPSA) is 87.7 Å². The van der Waals surface area contributed by atoms with E-state index in [1.165, 1.54) is 0 Å². The number of methoxy groups -OCH3 is 1. The highest BCUT2D eigenvalue weighted by Crippen LogP contribution is 2.35. The summed E-state index contributed by atoms with van der Waals surface area (Å²) in [6, 6.07) is 8.74. The summed E-state index contributed by atoms with van der Waals surface area (Å²) in [5.41, 5.74) is 0.279. The number of carbonyl (C=O) groups is 2. The van der Waals surface area contributed by atoms with E-state index in [1.54, 1.807) is 58.2 Å². The van der Waals surface area contributed by atoms with Crippen LogP contribution in [0.4, 0.5) is 10.5 Å². The number of carbonyl (C=O) groups excluding carboxylic acids is 2. The average molecular weight is 348 g/mol. The van der Waals surface area contributed by atoms with Gasteiger partial charge in [0.1, 0.15) is 11.4 Å². The van der Waals surface area contributed by atoms with E-state index in [4.69, 9.17) is 9.47 Å². The van der Waals surface area contributed by atoms with Crippen molar-refractivity contribution in [1.82, 2.24) is 0 Å². The van der Waals surface area contributed by atoms with Crippen molar-refractivity contribution >= 4 is 29.1 Å². The summed E-state index contributed by atoms with van der Waals surface area (Å²) >= 11 is 1.02. The first-order valence-electron chi connectivity index (χ1n) is 7.19. The Morgan fingerprint density at radius 3 is 2.29 bits per heavy atom. The van der Waals surface area contributed by atoms with Gasteiger partial charge in [0.2, 0.25) is 0 Å². The molecule has 1 heterocycles. The predicted molar refractivity (Wildman–Crippen MR) is 90.5 cm³/mol. The standard InChI is InChI=1S/C17H19NO5S/c1-17(2,3)23-16(21)18-12-9-13(24-14(12)15(19)20)10-5-7-11(22-4)8-6-10/h5-9H,1-4H3,(H,18,21)(H,19,20)/p-1.